The van der Waals surface area contributed by atoms with E-state index in [0.29, 0.717) is 6.61 Å². The second kappa shape index (κ2) is 8.72. The summed E-state index contributed by atoms with van der Waals surface area (Å²) in [6.07, 6.45) is -1.12. The molecule has 0 spiro atoms. The van der Waals surface area contributed by atoms with Crippen LogP contribution in [-0.2, 0) is 20.9 Å². The lowest BCUT2D eigenvalue weighted by molar-refractivity contribution is -0.383. The van der Waals surface area contributed by atoms with Crippen LogP contribution in [0.25, 0.3) is 0 Å². The van der Waals surface area contributed by atoms with Crippen molar-refractivity contribution in [3.8, 4) is 0 Å². The fourth-order valence-corrected chi connectivity index (χ4v) is 2.16. The third-order valence-electron chi connectivity index (χ3n) is 3.51. The molecule has 0 fully saturated rings. The number of nitrogens with zero attached hydrogens (tertiary/aromatic N) is 1. The van der Waals surface area contributed by atoms with E-state index in [1.165, 1.54) is 25.1 Å². The SMILES string of the molecule is COCc1ccc(C(=O)O[C@H](C)C(=O)Nc2ccccc2[N+](=O)[O-])cc1. The molecule has 0 unspecified atom stereocenters. The summed E-state index contributed by atoms with van der Waals surface area (Å²) in [6.45, 7) is 1.81. The predicted octanol–water partition coefficient (Wildman–Crippen LogP) is 2.93. The van der Waals surface area contributed by atoms with Crippen molar-refractivity contribution in [3.05, 3.63) is 69.8 Å². The van der Waals surface area contributed by atoms with E-state index in [2.05, 4.69) is 5.32 Å². The highest BCUT2D eigenvalue weighted by atomic mass is 16.6. The lowest BCUT2D eigenvalue weighted by atomic mass is 10.1. The Labute approximate surface area is 149 Å². The van der Waals surface area contributed by atoms with Crippen LogP contribution in [0.2, 0.25) is 0 Å². The lowest BCUT2D eigenvalue weighted by Gasteiger charge is -2.13. The first-order valence-corrected chi connectivity index (χ1v) is 7.75. The Balaban J connectivity index is 2.00. The summed E-state index contributed by atoms with van der Waals surface area (Å²) in [5, 5.41) is 13.4. The smallest absolute Gasteiger partial charge is 0.338 e. The minimum atomic E-state index is -1.12. The van der Waals surface area contributed by atoms with Gasteiger partial charge in [0.1, 0.15) is 5.69 Å². The average molecular weight is 358 g/mol. The van der Waals surface area contributed by atoms with Crippen LogP contribution in [0.1, 0.15) is 22.8 Å². The maximum atomic E-state index is 12.2. The molecule has 0 aliphatic carbocycles. The Morgan fingerprint density at radius 1 is 1.15 bits per heavy atom. The van der Waals surface area contributed by atoms with Crippen LogP contribution >= 0.6 is 0 Å². The molecule has 0 aliphatic rings. The van der Waals surface area contributed by atoms with Crippen molar-refractivity contribution in [1.29, 1.82) is 0 Å². The van der Waals surface area contributed by atoms with E-state index in [-0.39, 0.29) is 16.9 Å². The summed E-state index contributed by atoms with van der Waals surface area (Å²) in [5.41, 5.74) is 0.976. The average Bonchev–Trinajstić information content (AvgIpc) is 2.62. The molecule has 0 saturated heterocycles. The molecule has 1 amide bonds. The van der Waals surface area contributed by atoms with Crippen molar-refractivity contribution >= 4 is 23.3 Å². The normalized spacial score (nSPS) is 11.5. The van der Waals surface area contributed by atoms with Gasteiger partial charge in [-0.3, -0.25) is 14.9 Å². The van der Waals surface area contributed by atoms with E-state index in [1.807, 2.05) is 0 Å². The third-order valence-corrected chi connectivity index (χ3v) is 3.51. The Morgan fingerprint density at radius 2 is 1.81 bits per heavy atom. The summed E-state index contributed by atoms with van der Waals surface area (Å²) >= 11 is 0. The number of hydrogen-bond acceptors (Lipinski definition) is 6. The maximum absolute atomic E-state index is 12.2. The van der Waals surface area contributed by atoms with E-state index in [9.17, 15) is 19.7 Å². The predicted molar refractivity (Wildman–Crippen MR) is 93.8 cm³/mol. The number of carbonyl (C=O) groups excluding carboxylic acids is 2. The van der Waals surface area contributed by atoms with Gasteiger partial charge in [0.25, 0.3) is 11.6 Å². The summed E-state index contributed by atoms with van der Waals surface area (Å²) < 4.78 is 10.1. The van der Waals surface area contributed by atoms with Gasteiger partial charge < -0.3 is 14.8 Å². The number of nitro benzene ring substituents is 1. The number of hydrogen-bond donors (Lipinski definition) is 1. The molecule has 0 aromatic heterocycles. The zero-order valence-electron chi connectivity index (χ0n) is 14.3. The molecular weight excluding hydrogens is 340 g/mol. The van der Waals surface area contributed by atoms with Gasteiger partial charge in [0, 0.05) is 13.2 Å². The van der Waals surface area contributed by atoms with E-state index in [4.69, 9.17) is 9.47 Å². The zero-order valence-corrected chi connectivity index (χ0v) is 14.3. The number of ether oxygens (including phenoxy) is 2. The van der Waals surface area contributed by atoms with Crippen LogP contribution < -0.4 is 5.32 Å². The molecule has 0 bridgehead atoms. The van der Waals surface area contributed by atoms with Gasteiger partial charge in [-0.15, -0.1) is 0 Å². The quantitative estimate of drug-likeness (QED) is 0.463. The van der Waals surface area contributed by atoms with Gasteiger partial charge in [0.2, 0.25) is 0 Å². The van der Waals surface area contributed by atoms with Crippen LogP contribution in [-0.4, -0.2) is 30.0 Å². The number of methoxy groups -OCH3 is 1. The minimum absolute atomic E-state index is 0.0364. The van der Waals surface area contributed by atoms with Crippen molar-refractivity contribution < 1.29 is 24.0 Å². The molecule has 2 aromatic carbocycles. The largest absolute Gasteiger partial charge is 0.449 e. The molecule has 2 aromatic rings. The lowest BCUT2D eigenvalue weighted by Crippen LogP contribution is -2.30. The minimum Gasteiger partial charge on any atom is -0.449 e. The number of rotatable bonds is 7. The molecule has 0 aliphatic heterocycles. The summed E-state index contributed by atoms with van der Waals surface area (Å²) in [5.74, 6) is -1.33. The number of carbonyl (C=O) groups is 2. The molecule has 8 nitrogen and oxygen atoms in total. The second-order valence-corrected chi connectivity index (χ2v) is 5.44. The Kier molecular flexibility index (Phi) is 6.40. The van der Waals surface area contributed by atoms with Crippen molar-refractivity contribution in [2.75, 3.05) is 12.4 Å². The molecule has 0 heterocycles. The third kappa shape index (κ3) is 4.87. The number of esters is 1. The van der Waals surface area contributed by atoms with Gasteiger partial charge in [-0.05, 0) is 30.7 Å². The fourth-order valence-electron chi connectivity index (χ4n) is 2.16. The number of anilines is 1. The van der Waals surface area contributed by atoms with Crippen molar-refractivity contribution in [1.82, 2.24) is 0 Å². The van der Waals surface area contributed by atoms with E-state index < -0.39 is 22.9 Å². The first-order valence-electron chi connectivity index (χ1n) is 7.75. The van der Waals surface area contributed by atoms with Gasteiger partial charge in [0.05, 0.1) is 17.1 Å². The first-order chi connectivity index (χ1) is 12.4. The second-order valence-electron chi connectivity index (χ2n) is 5.44. The number of nitrogens with one attached hydrogen (secondary N) is 1. The molecule has 136 valence electrons. The summed E-state index contributed by atoms with van der Waals surface area (Å²) in [7, 11) is 1.57. The Morgan fingerprint density at radius 3 is 2.42 bits per heavy atom. The van der Waals surface area contributed by atoms with Gasteiger partial charge in [-0.2, -0.15) is 0 Å². The van der Waals surface area contributed by atoms with Gasteiger partial charge in [0.15, 0.2) is 6.10 Å². The van der Waals surface area contributed by atoms with Crippen LogP contribution in [0.3, 0.4) is 0 Å². The molecule has 1 atom stereocenters. The summed E-state index contributed by atoms with van der Waals surface area (Å²) in [6, 6.07) is 12.3. The fraction of sp³-hybridized carbons (Fsp3) is 0.222. The molecule has 26 heavy (non-hydrogen) atoms. The van der Waals surface area contributed by atoms with Crippen LogP contribution in [0.4, 0.5) is 11.4 Å². The number of para-hydroxylation sites is 2. The molecule has 0 radical (unpaired) electrons. The molecule has 2 rings (SSSR count). The van der Waals surface area contributed by atoms with E-state index in [0.717, 1.165) is 5.56 Å². The number of benzene rings is 2. The van der Waals surface area contributed by atoms with E-state index >= 15 is 0 Å². The zero-order chi connectivity index (χ0) is 19.1. The summed E-state index contributed by atoms with van der Waals surface area (Å²) in [4.78, 5) is 34.6. The first kappa shape index (κ1) is 19.1. The topological polar surface area (TPSA) is 108 Å². The standard InChI is InChI=1S/C18H18N2O6/c1-12(17(21)19-15-5-3-4-6-16(15)20(23)24)26-18(22)14-9-7-13(8-10-14)11-25-2/h3-10,12H,11H2,1-2H3,(H,19,21)/t12-/m1/s1. The molecule has 0 saturated carbocycles. The van der Waals surface area contributed by atoms with Gasteiger partial charge in [-0.25, -0.2) is 4.79 Å². The Hall–Kier alpha value is -3.26. The van der Waals surface area contributed by atoms with Crippen molar-refractivity contribution in [2.45, 2.75) is 19.6 Å². The monoisotopic (exact) mass is 358 g/mol. The molecular formula is C18H18N2O6. The van der Waals surface area contributed by atoms with E-state index in [1.54, 1.807) is 37.4 Å². The highest BCUT2D eigenvalue weighted by Crippen LogP contribution is 2.23. The highest BCUT2D eigenvalue weighted by molar-refractivity contribution is 5.98. The van der Waals surface area contributed by atoms with Crippen molar-refractivity contribution in [3.63, 3.8) is 0 Å². The molecule has 1 N–H and O–H groups in total. The Bertz CT molecular complexity index is 804. The molecule has 8 heteroatoms. The van der Waals surface area contributed by atoms with Crippen molar-refractivity contribution in [2.24, 2.45) is 0 Å². The van der Waals surface area contributed by atoms with Crippen LogP contribution in [0.15, 0.2) is 48.5 Å². The van der Waals surface area contributed by atoms with Gasteiger partial charge in [-0.1, -0.05) is 24.3 Å². The number of nitro groups is 1. The number of amides is 1. The maximum Gasteiger partial charge on any atom is 0.338 e. The van der Waals surface area contributed by atoms with Gasteiger partial charge >= 0.3 is 5.97 Å². The van der Waals surface area contributed by atoms with Crippen LogP contribution in [0, 0.1) is 10.1 Å². The highest BCUT2D eigenvalue weighted by Gasteiger charge is 2.22. The van der Waals surface area contributed by atoms with Crippen LogP contribution in [0.5, 0.6) is 0 Å².